The Hall–Kier alpha value is -2.82. The molecule has 11 nitrogen and oxygen atoms in total. The lowest BCUT2D eigenvalue weighted by Crippen LogP contribution is -2.30. The second kappa shape index (κ2) is 56.4. The summed E-state index contributed by atoms with van der Waals surface area (Å²) >= 11 is 0. The maximum absolute atomic E-state index is 12.9. The molecule has 0 aromatic heterocycles. The van der Waals surface area contributed by atoms with Gasteiger partial charge in [0, 0.05) is 19.3 Å². The van der Waals surface area contributed by atoms with E-state index in [2.05, 4.69) is 81.5 Å². The lowest BCUT2D eigenvalue weighted by atomic mass is 10.1. The number of aliphatic hydroxyl groups excluding tert-OH is 1. The van der Waals surface area contributed by atoms with Crippen LogP contribution >= 0.6 is 7.82 Å². The smallest absolute Gasteiger partial charge is 0.462 e. The quantitative estimate of drug-likeness (QED) is 0.0197. The van der Waals surface area contributed by atoms with Crippen molar-refractivity contribution >= 4 is 25.7 Å². The van der Waals surface area contributed by atoms with Gasteiger partial charge in [0.1, 0.15) is 12.7 Å². The molecule has 2 N–H and O–H groups in total. The fourth-order valence-corrected chi connectivity index (χ4v) is 9.09. The molecule has 0 heterocycles. The van der Waals surface area contributed by atoms with Gasteiger partial charge in [-0.2, -0.15) is 0 Å². The SMILES string of the molecule is CC/C=C\C/C=C\C/C=C\CCCCCC(=O)OC(CO)COP(=O)(O)OCC(COC(=O)CCCCCCC/C=C\CCCCCCCC)OC(=O)CCCCCCCCCCC/C=C\CCCCCCCC. The highest BCUT2D eigenvalue weighted by molar-refractivity contribution is 7.47. The van der Waals surface area contributed by atoms with Crippen molar-refractivity contribution in [2.75, 3.05) is 26.4 Å². The van der Waals surface area contributed by atoms with E-state index in [4.69, 9.17) is 23.3 Å². The van der Waals surface area contributed by atoms with E-state index in [1.165, 1.54) is 122 Å². The molecule has 0 aliphatic rings. The third-order valence-electron chi connectivity index (χ3n) is 12.9. The molecular formula is C62H111O11P. The van der Waals surface area contributed by atoms with Crippen molar-refractivity contribution in [1.82, 2.24) is 0 Å². The highest BCUT2D eigenvalue weighted by Crippen LogP contribution is 2.43. The van der Waals surface area contributed by atoms with Crippen LogP contribution in [0.3, 0.4) is 0 Å². The molecule has 0 aromatic rings. The van der Waals surface area contributed by atoms with E-state index in [1.54, 1.807) is 0 Å². The number of esters is 3. The third kappa shape index (κ3) is 54.0. The van der Waals surface area contributed by atoms with Crippen molar-refractivity contribution in [3.63, 3.8) is 0 Å². The van der Waals surface area contributed by atoms with Gasteiger partial charge in [-0.05, 0) is 103 Å². The van der Waals surface area contributed by atoms with Gasteiger partial charge < -0.3 is 24.2 Å². The number of phosphoric ester groups is 1. The fourth-order valence-electron chi connectivity index (χ4n) is 8.30. The van der Waals surface area contributed by atoms with Crippen LogP contribution in [0.5, 0.6) is 0 Å². The molecular weight excluding hydrogens is 952 g/mol. The minimum Gasteiger partial charge on any atom is -0.462 e. The molecule has 0 aromatic carbocycles. The zero-order valence-electron chi connectivity index (χ0n) is 47.6. The number of ether oxygens (including phenoxy) is 3. The molecule has 12 heteroatoms. The van der Waals surface area contributed by atoms with Gasteiger partial charge in [-0.3, -0.25) is 23.4 Å². The predicted molar refractivity (Wildman–Crippen MR) is 307 cm³/mol. The molecule has 3 atom stereocenters. The van der Waals surface area contributed by atoms with Crippen molar-refractivity contribution in [1.29, 1.82) is 0 Å². The number of carbonyl (C=O) groups is 3. The van der Waals surface area contributed by atoms with Crippen LogP contribution < -0.4 is 0 Å². The summed E-state index contributed by atoms with van der Waals surface area (Å²) < 4.78 is 39.5. The summed E-state index contributed by atoms with van der Waals surface area (Å²) in [5.74, 6) is -1.50. The average molecular weight is 1060 g/mol. The number of rotatable bonds is 56. The highest BCUT2D eigenvalue weighted by atomic mass is 31.2. The number of carbonyl (C=O) groups excluding carboxylic acids is 3. The lowest BCUT2D eigenvalue weighted by Gasteiger charge is -2.21. The molecule has 0 bridgehead atoms. The number of phosphoric acid groups is 1. The maximum Gasteiger partial charge on any atom is 0.472 e. The Balaban J connectivity index is 4.73. The summed E-state index contributed by atoms with van der Waals surface area (Å²) in [6.07, 6.45) is 61.8. The Kier molecular flexibility index (Phi) is 54.2. The molecule has 0 amide bonds. The monoisotopic (exact) mass is 1060 g/mol. The molecule has 0 aliphatic carbocycles. The molecule has 0 fully saturated rings. The summed E-state index contributed by atoms with van der Waals surface area (Å²) in [5.41, 5.74) is 0. The van der Waals surface area contributed by atoms with E-state index in [1.807, 2.05) is 0 Å². The molecule has 0 aliphatic heterocycles. The van der Waals surface area contributed by atoms with Crippen LogP contribution in [0, 0.1) is 0 Å². The average Bonchev–Trinajstić information content (AvgIpc) is 3.39. The van der Waals surface area contributed by atoms with Crippen LogP contribution in [0.1, 0.15) is 278 Å². The molecule has 0 rings (SSSR count). The summed E-state index contributed by atoms with van der Waals surface area (Å²) in [4.78, 5) is 48.6. The minimum absolute atomic E-state index is 0.141. The second-order valence-electron chi connectivity index (χ2n) is 20.1. The Morgan fingerprint density at radius 3 is 1.11 bits per heavy atom. The number of allylic oxidation sites excluding steroid dienone is 10. The number of unbranched alkanes of at least 4 members (excludes halogenated alkanes) is 29. The van der Waals surface area contributed by atoms with E-state index in [-0.39, 0.29) is 25.9 Å². The van der Waals surface area contributed by atoms with Gasteiger partial charge in [-0.15, -0.1) is 0 Å². The third-order valence-corrected chi connectivity index (χ3v) is 13.8. The summed E-state index contributed by atoms with van der Waals surface area (Å²) in [6, 6.07) is 0. The number of aliphatic hydroxyl groups is 1. The van der Waals surface area contributed by atoms with Crippen molar-refractivity contribution in [3.8, 4) is 0 Å². The van der Waals surface area contributed by atoms with Crippen LogP contribution in [-0.2, 0) is 42.2 Å². The van der Waals surface area contributed by atoms with Crippen molar-refractivity contribution in [2.24, 2.45) is 0 Å². The molecule has 430 valence electrons. The van der Waals surface area contributed by atoms with Gasteiger partial charge in [0.2, 0.25) is 0 Å². The Labute approximate surface area is 453 Å². The zero-order valence-corrected chi connectivity index (χ0v) is 48.5. The van der Waals surface area contributed by atoms with Gasteiger partial charge in [0.05, 0.1) is 19.8 Å². The molecule has 74 heavy (non-hydrogen) atoms. The highest BCUT2D eigenvalue weighted by Gasteiger charge is 2.28. The summed E-state index contributed by atoms with van der Waals surface area (Å²) in [5, 5.41) is 9.81. The van der Waals surface area contributed by atoms with Crippen LogP contribution in [0.15, 0.2) is 60.8 Å². The normalized spacial score (nSPS) is 13.7. The first-order chi connectivity index (χ1) is 36.2. The number of hydrogen-bond acceptors (Lipinski definition) is 10. The topological polar surface area (TPSA) is 155 Å². The van der Waals surface area contributed by atoms with Crippen LogP contribution in [0.4, 0.5) is 0 Å². The Morgan fingerprint density at radius 1 is 0.392 bits per heavy atom. The standard InChI is InChI=1S/C62H111O11P/c1-4-7-10-13-16-19-22-25-27-28-29-30-32-35-38-41-44-47-50-53-62(66)73-59(55-69-60(64)51-48-45-42-39-36-34-31-26-23-20-17-14-11-8-5-2)57-71-74(67,68)70-56-58(54-63)72-61(65)52-49-46-43-40-37-33-24-21-18-15-12-9-6-3/h9,12,18,21,25-27,31,33,37,58-59,63H,4-8,10-11,13-17,19-20,22-24,28-30,32,34-36,38-57H2,1-3H3,(H,67,68)/b12-9-,21-18-,27-25-,31-26-,37-33-. The predicted octanol–water partition coefficient (Wildman–Crippen LogP) is 17.9. The maximum atomic E-state index is 12.9. The summed E-state index contributed by atoms with van der Waals surface area (Å²) in [6.45, 7) is 4.50. The van der Waals surface area contributed by atoms with Crippen LogP contribution in [0.2, 0.25) is 0 Å². The van der Waals surface area contributed by atoms with Gasteiger partial charge >= 0.3 is 25.7 Å². The van der Waals surface area contributed by atoms with E-state index in [9.17, 15) is 28.9 Å². The Morgan fingerprint density at radius 2 is 0.703 bits per heavy atom. The van der Waals surface area contributed by atoms with Crippen molar-refractivity contribution < 1.29 is 52.2 Å². The molecule has 0 saturated heterocycles. The minimum atomic E-state index is -4.76. The molecule has 0 radical (unpaired) electrons. The van der Waals surface area contributed by atoms with Gasteiger partial charge in [-0.25, -0.2) is 4.57 Å². The van der Waals surface area contributed by atoms with Crippen molar-refractivity contribution in [3.05, 3.63) is 60.8 Å². The lowest BCUT2D eigenvalue weighted by molar-refractivity contribution is -0.161. The van der Waals surface area contributed by atoms with Crippen molar-refractivity contribution in [2.45, 2.75) is 290 Å². The molecule has 0 saturated carbocycles. The molecule has 3 unspecified atom stereocenters. The first-order valence-electron chi connectivity index (χ1n) is 30.2. The first-order valence-corrected chi connectivity index (χ1v) is 31.7. The molecule has 0 spiro atoms. The van der Waals surface area contributed by atoms with E-state index in [0.29, 0.717) is 19.3 Å². The Bertz CT molecular complexity index is 1470. The van der Waals surface area contributed by atoms with Crippen LogP contribution in [-0.4, -0.2) is 66.5 Å². The van der Waals surface area contributed by atoms with E-state index >= 15 is 0 Å². The summed E-state index contributed by atoms with van der Waals surface area (Å²) in [7, 11) is -4.76. The van der Waals surface area contributed by atoms with Gasteiger partial charge in [0.15, 0.2) is 6.10 Å². The zero-order chi connectivity index (χ0) is 54.1. The fraction of sp³-hybridized carbons (Fsp3) is 0.790. The van der Waals surface area contributed by atoms with Gasteiger partial charge in [-0.1, -0.05) is 216 Å². The second-order valence-corrected chi connectivity index (χ2v) is 21.6. The van der Waals surface area contributed by atoms with E-state index in [0.717, 1.165) is 96.3 Å². The van der Waals surface area contributed by atoms with Crippen LogP contribution in [0.25, 0.3) is 0 Å². The van der Waals surface area contributed by atoms with E-state index < -0.39 is 57.8 Å². The first kappa shape index (κ1) is 71.2. The number of hydrogen-bond donors (Lipinski definition) is 2. The van der Waals surface area contributed by atoms with Gasteiger partial charge in [0.25, 0.3) is 0 Å². The largest absolute Gasteiger partial charge is 0.472 e.